The Hall–Kier alpha value is -7.28. The second-order valence-corrected chi connectivity index (χ2v) is 16.3. The lowest BCUT2D eigenvalue weighted by Crippen LogP contribution is -2.54. The summed E-state index contributed by atoms with van der Waals surface area (Å²) in [5.74, 6) is -1.39. The second-order valence-electron chi connectivity index (χ2n) is 16.3. The minimum absolute atomic E-state index is 0.00885. The lowest BCUT2D eigenvalue weighted by molar-refractivity contribution is -0.136. The molecule has 3 aromatic heterocycles. The van der Waals surface area contributed by atoms with Crippen LogP contribution in [-0.2, 0) is 20.9 Å². The van der Waals surface area contributed by atoms with Crippen molar-refractivity contribution in [2.24, 2.45) is 0 Å². The number of carbonyl (C=O) groups excluding carboxylic acids is 6. The molecular weight excluding hydrogens is 823 g/mol. The minimum atomic E-state index is -1.09. The number of fused-ring (bicyclic) bond motifs is 2. The summed E-state index contributed by atoms with van der Waals surface area (Å²) >= 11 is 0. The molecule has 6 amide bonds. The molecule has 0 bridgehead atoms. The zero-order valence-corrected chi connectivity index (χ0v) is 35.2. The number of aryl methyl sites for hydroxylation is 1. The Morgan fingerprint density at radius 2 is 1.72 bits per heavy atom. The maximum absolute atomic E-state index is 13.4. The Kier molecular flexibility index (Phi) is 12.0. The number of benzene rings is 2. The predicted molar refractivity (Wildman–Crippen MR) is 229 cm³/mol. The van der Waals surface area contributed by atoms with Gasteiger partial charge in [-0.3, -0.25) is 43.9 Å². The average molecular weight is 870 g/mol. The van der Waals surface area contributed by atoms with Crippen molar-refractivity contribution in [3.63, 3.8) is 0 Å². The first kappa shape index (κ1) is 42.0. The van der Waals surface area contributed by atoms with Gasteiger partial charge in [-0.1, -0.05) is 24.3 Å². The van der Waals surface area contributed by atoms with Crippen LogP contribution >= 0.6 is 0 Å². The summed E-state index contributed by atoms with van der Waals surface area (Å²) in [6, 6.07) is 17.0. The number of pyridine rings is 1. The number of imidazole rings is 1. The second kappa shape index (κ2) is 18.2. The number of carbonyl (C=O) groups is 6. The number of nitrogens with zero attached hydrogens (tertiary/aromatic N) is 8. The van der Waals surface area contributed by atoms with Gasteiger partial charge in [0.15, 0.2) is 18.1 Å². The third-order valence-electron chi connectivity index (χ3n) is 12.1. The Bertz CT molecular complexity index is 2640. The molecule has 4 aliphatic rings. The normalized spacial score (nSPS) is 19.9. The Morgan fingerprint density at radius 1 is 0.906 bits per heavy atom. The molecule has 2 saturated heterocycles. The van der Waals surface area contributed by atoms with Crippen LogP contribution in [-0.4, -0.2) is 133 Å². The molecule has 5 aromatic rings. The van der Waals surface area contributed by atoms with Gasteiger partial charge >= 0.3 is 0 Å². The van der Waals surface area contributed by atoms with Gasteiger partial charge in [-0.05, 0) is 74.6 Å². The summed E-state index contributed by atoms with van der Waals surface area (Å²) in [6.07, 6.45) is 5.71. The standard InChI is InChI=1S/C45H47N11O8/c1-27-6-2-10-33(50-27)42(59)51-29-21-30(22-29)55-26-49-39-40(47-25-48-41(39)55)46-23-28-7-3-8-31(20-28)63-19-5-14-53-15-17-54(18-16-53)37(58)24-64-35-11-4-9-32-38(35)45(62)56(44(32)61)34-12-13-36(57)52-43(34)60/h2-4,6-11,20,25-26,29-30,34H,5,12-19,21-24H2,1H3,(H,51,59)(H,46,47,48)(H,52,57,60). The Labute approximate surface area is 367 Å². The van der Waals surface area contributed by atoms with Gasteiger partial charge in [-0.25, -0.2) is 19.9 Å². The van der Waals surface area contributed by atoms with Crippen molar-refractivity contribution in [2.75, 3.05) is 51.3 Å². The SMILES string of the molecule is Cc1cccc(C(=O)NC2CC(n3cnc4c(NCc5cccc(OCCCN6CCN(C(=O)COc7cccc8c7C(=O)N(C7CCC(=O)NC7=O)C8=O)CC6)c5)ncnc43)C2)n1. The number of hydrogen-bond acceptors (Lipinski definition) is 14. The smallest absolute Gasteiger partial charge is 0.270 e. The molecule has 19 heteroatoms. The molecule has 1 saturated carbocycles. The van der Waals surface area contributed by atoms with Crippen molar-refractivity contribution >= 4 is 52.4 Å². The van der Waals surface area contributed by atoms with Crippen LogP contribution < -0.4 is 25.4 Å². The van der Waals surface area contributed by atoms with E-state index in [0.717, 1.165) is 53.4 Å². The topological polar surface area (TPSA) is 223 Å². The first-order chi connectivity index (χ1) is 31.1. The summed E-state index contributed by atoms with van der Waals surface area (Å²) in [5, 5.41) is 8.67. The van der Waals surface area contributed by atoms with E-state index in [-0.39, 0.29) is 60.2 Å². The largest absolute Gasteiger partial charge is 0.494 e. The predicted octanol–water partition coefficient (Wildman–Crippen LogP) is 2.67. The highest BCUT2D eigenvalue weighted by molar-refractivity contribution is 6.24. The number of amides is 6. The molecule has 1 aliphatic carbocycles. The highest BCUT2D eigenvalue weighted by Gasteiger charge is 2.46. The number of ether oxygens (including phenoxy) is 2. The molecule has 0 spiro atoms. The van der Waals surface area contributed by atoms with E-state index in [4.69, 9.17) is 9.47 Å². The number of piperidine rings is 1. The summed E-state index contributed by atoms with van der Waals surface area (Å²) in [7, 11) is 0. The van der Waals surface area contributed by atoms with Crippen molar-refractivity contribution < 1.29 is 38.2 Å². The maximum atomic E-state index is 13.4. The molecule has 330 valence electrons. The molecule has 9 rings (SSSR count). The first-order valence-electron chi connectivity index (χ1n) is 21.4. The van der Waals surface area contributed by atoms with Gasteiger partial charge in [-0.15, -0.1) is 0 Å². The van der Waals surface area contributed by atoms with Crippen molar-refractivity contribution in [1.29, 1.82) is 0 Å². The molecule has 1 atom stereocenters. The highest BCUT2D eigenvalue weighted by atomic mass is 16.5. The van der Waals surface area contributed by atoms with Gasteiger partial charge in [0.25, 0.3) is 23.6 Å². The van der Waals surface area contributed by atoms with E-state index in [0.29, 0.717) is 56.4 Å². The van der Waals surface area contributed by atoms with Crippen molar-refractivity contribution in [2.45, 2.75) is 63.7 Å². The van der Waals surface area contributed by atoms with E-state index in [9.17, 15) is 28.8 Å². The maximum Gasteiger partial charge on any atom is 0.270 e. The van der Waals surface area contributed by atoms with E-state index in [1.807, 2.05) is 43.3 Å². The van der Waals surface area contributed by atoms with E-state index in [2.05, 4.69) is 45.4 Å². The molecule has 2 aromatic carbocycles. The third-order valence-corrected chi connectivity index (χ3v) is 12.1. The van der Waals surface area contributed by atoms with Gasteiger partial charge in [0.05, 0.1) is 24.1 Å². The molecule has 6 heterocycles. The molecule has 64 heavy (non-hydrogen) atoms. The number of anilines is 1. The number of hydrogen-bond donors (Lipinski definition) is 3. The van der Waals surface area contributed by atoms with Gasteiger partial charge in [0.2, 0.25) is 11.8 Å². The van der Waals surface area contributed by atoms with Gasteiger partial charge in [0.1, 0.15) is 35.1 Å². The first-order valence-corrected chi connectivity index (χ1v) is 21.4. The molecular formula is C45H47N11O8. The minimum Gasteiger partial charge on any atom is -0.494 e. The monoisotopic (exact) mass is 869 g/mol. The van der Waals surface area contributed by atoms with Crippen LogP contribution in [0.2, 0.25) is 0 Å². The third kappa shape index (κ3) is 8.83. The number of imide groups is 2. The lowest BCUT2D eigenvalue weighted by Gasteiger charge is -2.36. The molecule has 3 N–H and O–H groups in total. The van der Waals surface area contributed by atoms with Crippen LogP contribution in [0.15, 0.2) is 73.3 Å². The quantitative estimate of drug-likeness (QED) is 0.102. The number of nitrogens with one attached hydrogen (secondary N) is 3. The van der Waals surface area contributed by atoms with Crippen LogP contribution in [0.25, 0.3) is 11.2 Å². The van der Waals surface area contributed by atoms with Crippen LogP contribution in [0.1, 0.15) is 80.6 Å². The highest BCUT2D eigenvalue weighted by Crippen LogP contribution is 2.36. The zero-order valence-electron chi connectivity index (χ0n) is 35.2. The van der Waals surface area contributed by atoms with E-state index < -0.39 is 29.7 Å². The van der Waals surface area contributed by atoms with Crippen LogP contribution in [0.4, 0.5) is 5.82 Å². The van der Waals surface area contributed by atoms with Gasteiger partial charge < -0.3 is 29.6 Å². The zero-order chi connectivity index (χ0) is 44.3. The Balaban J connectivity index is 0.689. The molecule has 0 radical (unpaired) electrons. The van der Waals surface area contributed by atoms with Crippen molar-refractivity contribution in [3.8, 4) is 11.5 Å². The number of rotatable bonds is 15. The fourth-order valence-corrected chi connectivity index (χ4v) is 8.58. The van der Waals surface area contributed by atoms with Crippen molar-refractivity contribution in [1.82, 2.24) is 49.8 Å². The summed E-state index contributed by atoms with van der Waals surface area (Å²) in [5.41, 5.74) is 3.75. The van der Waals surface area contributed by atoms with E-state index >= 15 is 0 Å². The average Bonchev–Trinajstić information content (AvgIpc) is 3.83. The van der Waals surface area contributed by atoms with Crippen LogP contribution in [0, 0.1) is 6.92 Å². The van der Waals surface area contributed by atoms with Gasteiger partial charge in [-0.2, -0.15) is 0 Å². The lowest BCUT2D eigenvalue weighted by atomic mass is 9.86. The van der Waals surface area contributed by atoms with Crippen LogP contribution in [0.3, 0.4) is 0 Å². The Morgan fingerprint density at radius 3 is 2.53 bits per heavy atom. The van der Waals surface area contributed by atoms with Gasteiger partial charge in [0, 0.05) is 63.5 Å². The summed E-state index contributed by atoms with van der Waals surface area (Å²) in [4.78, 5) is 99.2. The fraction of sp³-hybridized carbons (Fsp3) is 0.378. The fourth-order valence-electron chi connectivity index (χ4n) is 8.58. The number of piperazine rings is 1. The summed E-state index contributed by atoms with van der Waals surface area (Å²) < 4.78 is 14.0. The number of aromatic nitrogens is 5. The molecule has 3 aliphatic heterocycles. The molecule has 3 fully saturated rings. The summed E-state index contributed by atoms with van der Waals surface area (Å²) in [6.45, 7) is 5.76. The van der Waals surface area contributed by atoms with Crippen LogP contribution in [0.5, 0.6) is 11.5 Å². The van der Waals surface area contributed by atoms with E-state index in [1.54, 1.807) is 23.4 Å². The van der Waals surface area contributed by atoms with E-state index in [1.165, 1.54) is 18.5 Å². The van der Waals surface area contributed by atoms with Crippen molar-refractivity contribution in [3.05, 3.63) is 101 Å². The molecule has 19 nitrogen and oxygen atoms in total. The molecule has 1 unspecified atom stereocenters.